The molecule has 0 heteroatoms. The highest BCUT2D eigenvalue weighted by Gasteiger charge is 2.04. The van der Waals surface area contributed by atoms with Crippen LogP contribution in [0.25, 0.3) is 0 Å². The number of rotatable bonds is 5. The summed E-state index contributed by atoms with van der Waals surface area (Å²) in [4.78, 5) is 0. The van der Waals surface area contributed by atoms with E-state index >= 15 is 0 Å². The van der Waals surface area contributed by atoms with E-state index in [1.54, 1.807) is 11.1 Å². The highest BCUT2D eigenvalue weighted by atomic mass is 14.1. The van der Waals surface area contributed by atoms with E-state index < -0.39 is 0 Å². The lowest BCUT2D eigenvalue weighted by molar-refractivity contribution is 0.548. The van der Waals surface area contributed by atoms with Crippen molar-refractivity contribution in [2.24, 2.45) is 11.8 Å². The van der Waals surface area contributed by atoms with Crippen molar-refractivity contribution in [2.45, 2.75) is 60.8 Å². The summed E-state index contributed by atoms with van der Waals surface area (Å²) in [5.41, 5.74) is 3.22. The van der Waals surface area contributed by atoms with Gasteiger partial charge in [-0.05, 0) is 38.5 Å². The van der Waals surface area contributed by atoms with E-state index in [4.69, 9.17) is 0 Å². The lowest BCUT2D eigenvalue weighted by Crippen LogP contribution is -1.97. The molecule has 0 radical (unpaired) electrons. The van der Waals surface area contributed by atoms with Crippen LogP contribution in [0.5, 0.6) is 0 Å². The van der Waals surface area contributed by atoms with Crippen molar-refractivity contribution in [3.8, 4) is 0 Å². The smallest absolute Gasteiger partial charge is 0.0295 e. The van der Waals surface area contributed by atoms with Gasteiger partial charge in [-0.1, -0.05) is 45.3 Å². The average molecular weight is 182 g/mol. The molecular formula is C13H26. The molecule has 0 nitrogen and oxygen atoms in total. The normalized spacial score (nSPS) is 15.9. The lowest BCUT2D eigenvalue weighted by Gasteiger charge is -2.13. The van der Waals surface area contributed by atoms with E-state index in [-0.39, 0.29) is 0 Å². The zero-order valence-electron chi connectivity index (χ0n) is 10.3. The van der Waals surface area contributed by atoms with Crippen molar-refractivity contribution >= 4 is 0 Å². The molecule has 0 aliphatic carbocycles. The molecule has 0 fully saturated rings. The summed E-state index contributed by atoms with van der Waals surface area (Å²) >= 11 is 0. The third-order valence-corrected chi connectivity index (χ3v) is 2.79. The van der Waals surface area contributed by atoms with Crippen molar-refractivity contribution < 1.29 is 0 Å². The summed E-state index contributed by atoms with van der Waals surface area (Å²) < 4.78 is 0. The predicted octanol–water partition coefficient (Wildman–Crippen LogP) is 4.81. The molecular weight excluding hydrogens is 156 g/mol. The van der Waals surface area contributed by atoms with Crippen molar-refractivity contribution in [3.05, 3.63) is 11.1 Å². The van der Waals surface area contributed by atoms with Gasteiger partial charge in [0.25, 0.3) is 0 Å². The minimum Gasteiger partial charge on any atom is -0.0741 e. The van der Waals surface area contributed by atoms with Crippen molar-refractivity contribution in [1.29, 1.82) is 0 Å². The molecule has 0 spiro atoms. The fourth-order valence-electron chi connectivity index (χ4n) is 1.63. The van der Waals surface area contributed by atoms with Gasteiger partial charge in [0.15, 0.2) is 0 Å². The first-order valence-electron chi connectivity index (χ1n) is 5.62. The first-order chi connectivity index (χ1) is 5.97. The van der Waals surface area contributed by atoms with E-state index in [0.29, 0.717) is 0 Å². The van der Waals surface area contributed by atoms with Crippen LogP contribution in [0, 0.1) is 11.8 Å². The second-order valence-electron chi connectivity index (χ2n) is 4.88. The standard InChI is InChI=1S/C13H26/c1-7-11(4)9-13(6)12(5)8-10(2)3/h10-11H,7-9H2,1-6H3. The number of hydrogen-bond donors (Lipinski definition) is 0. The molecule has 0 heterocycles. The third kappa shape index (κ3) is 5.90. The minimum atomic E-state index is 0.798. The van der Waals surface area contributed by atoms with E-state index in [0.717, 1.165) is 11.8 Å². The Morgan fingerprint density at radius 3 is 1.77 bits per heavy atom. The molecule has 0 N–H and O–H groups in total. The van der Waals surface area contributed by atoms with Gasteiger partial charge in [0.1, 0.15) is 0 Å². The molecule has 0 aromatic heterocycles. The highest BCUT2D eigenvalue weighted by molar-refractivity contribution is 5.10. The summed E-state index contributed by atoms with van der Waals surface area (Å²) in [6.45, 7) is 13.8. The van der Waals surface area contributed by atoms with Crippen LogP contribution in [0.15, 0.2) is 11.1 Å². The average Bonchev–Trinajstić information content (AvgIpc) is 2.02. The Morgan fingerprint density at radius 1 is 0.923 bits per heavy atom. The van der Waals surface area contributed by atoms with Crippen molar-refractivity contribution in [2.75, 3.05) is 0 Å². The second kappa shape index (κ2) is 6.23. The van der Waals surface area contributed by atoms with Gasteiger partial charge in [-0.2, -0.15) is 0 Å². The molecule has 0 aliphatic rings. The van der Waals surface area contributed by atoms with Crippen LogP contribution in [0.4, 0.5) is 0 Å². The maximum Gasteiger partial charge on any atom is -0.0295 e. The molecule has 1 unspecified atom stereocenters. The maximum absolute atomic E-state index is 2.34. The quantitative estimate of drug-likeness (QED) is 0.535. The van der Waals surface area contributed by atoms with Crippen LogP contribution >= 0.6 is 0 Å². The molecule has 1 atom stereocenters. The van der Waals surface area contributed by atoms with E-state index in [1.165, 1.54) is 19.3 Å². The van der Waals surface area contributed by atoms with Crippen molar-refractivity contribution in [3.63, 3.8) is 0 Å². The Labute approximate surface area is 84.4 Å². The second-order valence-corrected chi connectivity index (χ2v) is 4.88. The summed E-state index contributed by atoms with van der Waals surface area (Å²) in [7, 11) is 0. The third-order valence-electron chi connectivity index (χ3n) is 2.79. The Bertz CT molecular complexity index is 163. The molecule has 0 aromatic carbocycles. The van der Waals surface area contributed by atoms with E-state index in [1.807, 2.05) is 0 Å². The zero-order chi connectivity index (χ0) is 10.4. The Balaban J connectivity index is 4.10. The topological polar surface area (TPSA) is 0 Å². The first-order valence-corrected chi connectivity index (χ1v) is 5.62. The van der Waals surface area contributed by atoms with Gasteiger partial charge in [-0.15, -0.1) is 0 Å². The summed E-state index contributed by atoms with van der Waals surface area (Å²) in [5.74, 6) is 1.65. The van der Waals surface area contributed by atoms with Crippen LogP contribution in [-0.4, -0.2) is 0 Å². The Hall–Kier alpha value is -0.260. The number of allylic oxidation sites excluding steroid dienone is 2. The van der Waals surface area contributed by atoms with Gasteiger partial charge in [0, 0.05) is 0 Å². The summed E-state index contributed by atoms with van der Waals surface area (Å²) in [6.07, 6.45) is 3.85. The van der Waals surface area contributed by atoms with Gasteiger partial charge in [0.2, 0.25) is 0 Å². The minimum absolute atomic E-state index is 0.798. The molecule has 0 saturated carbocycles. The fraction of sp³-hybridized carbons (Fsp3) is 0.846. The molecule has 0 aromatic rings. The van der Waals surface area contributed by atoms with Crippen LogP contribution in [0.2, 0.25) is 0 Å². The molecule has 78 valence electrons. The number of hydrogen-bond acceptors (Lipinski definition) is 0. The molecule has 0 saturated heterocycles. The van der Waals surface area contributed by atoms with Crippen LogP contribution < -0.4 is 0 Å². The van der Waals surface area contributed by atoms with Crippen LogP contribution in [-0.2, 0) is 0 Å². The Kier molecular flexibility index (Phi) is 6.11. The van der Waals surface area contributed by atoms with Crippen molar-refractivity contribution in [1.82, 2.24) is 0 Å². The SMILES string of the molecule is CCC(C)CC(C)=C(C)CC(C)C. The zero-order valence-corrected chi connectivity index (χ0v) is 10.3. The maximum atomic E-state index is 2.34. The van der Waals surface area contributed by atoms with Crippen LogP contribution in [0.3, 0.4) is 0 Å². The molecule has 13 heavy (non-hydrogen) atoms. The Morgan fingerprint density at radius 2 is 1.38 bits per heavy atom. The van der Waals surface area contributed by atoms with Gasteiger partial charge >= 0.3 is 0 Å². The largest absolute Gasteiger partial charge is 0.0741 e. The van der Waals surface area contributed by atoms with Gasteiger partial charge in [-0.25, -0.2) is 0 Å². The lowest BCUT2D eigenvalue weighted by atomic mass is 9.93. The molecule has 0 bridgehead atoms. The fourth-order valence-corrected chi connectivity index (χ4v) is 1.63. The molecule has 0 aliphatic heterocycles. The molecule has 0 rings (SSSR count). The highest BCUT2D eigenvalue weighted by Crippen LogP contribution is 2.21. The molecule has 0 amide bonds. The summed E-state index contributed by atoms with van der Waals surface area (Å²) in [6, 6.07) is 0. The van der Waals surface area contributed by atoms with E-state index in [9.17, 15) is 0 Å². The van der Waals surface area contributed by atoms with Gasteiger partial charge in [0.05, 0.1) is 0 Å². The predicted molar refractivity (Wildman–Crippen MR) is 61.9 cm³/mol. The van der Waals surface area contributed by atoms with Crippen LogP contribution in [0.1, 0.15) is 60.8 Å². The summed E-state index contributed by atoms with van der Waals surface area (Å²) in [5, 5.41) is 0. The monoisotopic (exact) mass is 182 g/mol. The van der Waals surface area contributed by atoms with Gasteiger partial charge < -0.3 is 0 Å². The van der Waals surface area contributed by atoms with E-state index in [2.05, 4.69) is 41.5 Å². The van der Waals surface area contributed by atoms with Gasteiger partial charge in [-0.3, -0.25) is 0 Å². The first kappa shape index (κ1) is 12.7.